The molecular weight excluding hydrogens is 476 g/mol. The molecule has 7 N–H and O–H groups in total. The number of nitrogens with one attached hydrogen (secondary N) is 4. The Kier molecular flexibility index (Phi) is 11.3. The summed E-state index contributed by atoms with van der Waals surface area (Å²) in [4.78, 5) is 57.7. The standard InChI is InChI=1S/C26H38N6O5/c1-15(2)10-21(26(36)37)31-24(34)20(11-17-8-6-5-7-9-17)30-25(35)22(16(3)4)32-23(33)19(27)12-18-13-28-14-29-18/h5-9,13-16,19-22H,10-12,27H2,1-4H3,(H,28,29)(H,30,35)(H,31,34)(H,32,33)(H,36,37). The molecule has 0 saturated heterocycles. The number of aromatic amines is 1. The third-order valence-electron chi connectivity index (χ3n) is 5.82. The van der Waals surface area contributed by atoms with Gasteiger partial charge in [-0.25, -0.2) is 9.78 Å². The molecule has 1 aromatic heterocycles. The fraction of sp³-hybridized carbons (Fsp3) is 0.500. The van der Waals surface area contributed by atoms with Gasteiger partial charge in [0.05, 0.1) is 12.4 Å². The minimum absolute atomic E-state index is 0.0371. The molecule has 0 aliphatic carbocycles. The molecule has 0 bridgehead atoms. The van der Waals surface area contributed by atoms with Crippen LogP contribution < -0.4 is 21.7 Å². The van der Waals surface area contributed by atoms with Gasteiger partial charge in [0.1, 0.15) is 18.1 Å². The first-order valence-electron chi connectivity index (χ1n) is 12.4. The van der Waals surface area contributed by atoms with Crippen LogP contribution in [0.1, 0.15) is 45.4 Å². The molecule has 0 aliphatic heterocycles. The number of aliphatic carboxylic acids is 1. The van der Waals surface area contributed by atoms with Gasteiger partial charge in [-0.2, -0.15) is 0 Å². The fourth-order valence-electron chi connectivity index (χ4n) is 3.81. The van der Waals surface area contributed by atoms with Crippen molar-refractivity contribution < 1.29 is 24.3 Å². The Balaban J connectivity index is 2.17. The summed E-state index contributed by atoms with van der Waals surface area (Å²) in [5.41, 5.74) is 7.49. The number of hydrogen-bond acceptors (Lipinski definition) is 6. The van der Waals surface area contributed by atoms with Gasteiger partial charge in [-0.15, -0.1) is 0 Å². The van der Waals surface area contributed by atoms with Crippen molar-refractivity contribution in [1.29, 1.82) is 0 Å². The first kappa shape index (κ1) is 29.5. The average molecular weight is 515 g/mol. The van der Waals surface area contributed by atoms with E-state index < -0.39 is 47.9 Å². The van der Waals surface area contributed by atoms with E-state index in [0.717, 1.165) is 5.56 Å². The first-order chi connectivity index (χ1) is 17.5. The minimum Gasteiger partial charge on any atom is -0.480 e. The smallest absolute Gasteiger partial charge is 0.326 e. The predicted molar refractivity (Wildman–Crippen MR) is 138 cm³/mol. The largest absolute Gasteiger partial charge is 0.480 e. The molecule has 4 unspecified atom stereocenters. The summed E-state index contributed by atoms with van der Waals surface area (Å²) in [5.74, 6) is -3.12. The highest BCUT2D eigenvalue weighted by atomic mass is 16.4. The van der Waals surface area contributed by atoms with E-state index in [9.17, 15) is 24.3 Å². The van der Waals surface area contributed by atoms with Gasteiger partial charge in [0.25, 0.3) is 0 Å². The van der Waals surface area contributed by atoms with Crippen molar-refractivity contribution in [3.05, 3.63) is 54.1 Å². The van der Waals surface area contributed by atoms with Crippen molar-refractivity contribution in [2.75, 3.05) is 0 Å². The molecule has 1 heterocycles. The number of carboxylic acid groups (broad SMARTS) is 1. The highest BCUT2D eigenvalue weighted by Crippen LogP contribution is 2.10. The monoisotopic (exact) mass is 514 g/mol. The number of carboxylic acids is 1. The van der Waals surface area contributed by atoms with Gasteiger partial charge in [0, 0.05) is 24.7 Å². The number of carbonyl (C=O) groups is 4. The van der Waals surface area contributed by atoms with Crippen LogP contribution in [-0.4, -0.2) is 62.9 Å². The Labute approximate surface area is 217 Å². The maximum absolute atomic E-state index is 13.3. The van der Waals surface area contributed by atoms with E-state index in [1.54, 1.807) is 20.0 Å². The van der Waals surface area contributed by atoms with E-state index in [4.69, 9.17) is 5.73 Å². The lowest BCUT2D eigenvalue weighted by atomic mass is 9.99. The number of amides is 3. The summed E-state index contributed by atoms with van der Waals surface area (Å²) in [5, 5.41) is 17.5. The Bertz CT molecular complexity index is 1030. The first-order valence-corrected chi connectivity index (χ1v) is 12.4. The Hall–Kier alpha value is -3.73. The van der Waals surface area contributed by atoms with Crippen LogP contribution in [0.25, 0.3) is 0 Å². The summed E-state index contributed by atoms with van der Waals surface area (Å²) < 4.78 is 0. The summed E-state index contributed by atoms with van der Waals surface area (Å²) in [6, 6.07) is 5.05. The van der Waals surface area contributed by atoms with E-state index in [-0.39, 0.29) is 31.1 Å². The molecule has 11 heteroatoms. The quantitative estimate of drug-likeness (QED) is 0.215. The zero-order chi connectivity index (χ0) is 27.5. The molecule has 1 aromatic carbocycles. The van der Waals surface area contributed by atoms with Crippen molar-refractivity contribution in [2.24, 2.45) is 17.6 Å². The zero-order valence-corrected chi connectivity index (χ0v) is 21.7. The van der Waals surface area contributed by atoms with E-state index in [1.807, 2.05) is 44.2 Å². The average Bonchev–Trinajstić information content (AvgIpc) is 3.34. The normalized spacial score (nSPS) is 14.5. The number of hydrogen-bond donors (Lipinski definition) is 6. The van der Waals surface area contributed by atoms with E-state index >= 15 is 0 Å². The lowest BCUT2D eigenvalue weighted by molar-refractivity contribution is -0.142. The highest BCUT2D eigenvalue weighted by Gasteiger charge is 2.32. The van der Waals surface area contributed by atoms with Crippen LogP contribution >= 0.6 is 0 Å². The second kappa shape index (κ2) is 14.1. The van der Waals surface area contributed by atoms with E-state index in [2.05, 4.69) is 25.9 Å². The zero-order valence-electron chi connectivity index (χ0n) is 21.7. The minimum atomic E-state index is -1.15. The number of nitrogens with zero attached hydrogens (tertiary/aromatic N) is 1. The second-order valence-electron chi connectivity index (χ2n) is 9.90. The topological polar surface area (TPSA) is 179 Å². The number of benzene rings is 1. The molecular formula is C26H38N6O5. The molecule has 2 aromatic rings. The molecule has 3 amide bonds. The molecule has 0 radical (unpaired) electrons. The summed E-state index contributed by atoms with van der Waals surface area (Å²) in [6.07, 6.45) is 3.65. The molecule has 37 heavy (non-hydrogen) atoms. The molecule has 2 rings (SSSR count). The lowest BCUT2D eigenvalue weighted by Gasteiger charge is -2.27. The second-order valence-corrected chi connectivity index (χ2v) is 9.90. The van der Waals surface area contributed by atoms with Crippen LogP contribution in [-0.2, 0) is 32.0 Å². The number of aromatic nitrogens is 2. The maximum Gasteiger partial charge on any atom is 0.326 e. The van der Waals surface area contributed by atoms with Crippen molar-refractivity contribution >= 4 is 23.7 Å². The lowest BCUT2D eigenvalue weighted by Crippen LogP contribution is -2.59. The number of carbonyl (C=O) groups excluding carboxylic acids is 3. The number of imidazole rings is 1. The van der Waals surface area contributed by atoms with Gasteiger partial charge in [0.2, 0.25) is 17.7 Å². The molecule has 0 fully saturated rings. The van der Waals surface area contributed by atoms with Gasteiger partial charge in [-0.05, 0) is 23.8 Å². The molecule has 4 atom stereocenters. The van der Waals surface area contributed by atoms with Crippen molar-refractivity contribution in [3.8, 4) is 0 Å². The third-order valence-corrected chi connectivity index (χ3v) is 5.82. The van der Waals surface area contributed by atoms with Crippen LogP contribution in [0.4, 0.5) is 0 Å². The predicted octanol–water partition coefficient (Wildman–Crippen LogP) is 0.763. The molecule has 11 nitrogen and oxygen atoms in total. The summed E-state index contributed by atoms with van der Waals surface area (Å²) in [7, 11) is 0. The number of H-pyrrole nitrogens is 1. The maximum atomic E-state index is 13.3. The highest BCUT2D eigenvalue weighted by molar-refractivity contribution is 5.94. The van der Waals surface area contributed by atoms with Gasteiger partial charge in [0.15, 0.2) is 0 Å². The van der Waals surface area contributed by atoms with E-state index in [0.29, 0.717) is 5.69 Å². The molecule has 0 aliphatic rings. The Morgan fingerprint density at radius 1 is 0.919 bits per heavy atom. The van der Waals surface area contributed by atoms with Gasteiger partial charge in [-0.3, -0.25) is 14.4 Å². The van der Waals surface area contributed by atoms with Gasteiger partial charge < -0.3 is 31.8 Å². The number of nitrogens with two attached hydrogens (primary N) is 1. The van der Waals surface area contributed by atoms with Crippen LogP contribution in [0, 0.1) is 11.8 Å². The third kappa shape index (κ3) is 9.68. The van der Waals surface area contributed by atoms with Crippen molar-refractivity contribution in [2.45, 2.75) is 71.1 Å². The molecule has 0 saturated carbocycles. The Morgan fingerprint density at radius 3 is 2.11 bits per heavy atom. The van der Waals surface area contributed by atoms with Crippen molar-refractivity contribution in [1.82, 2.24) is 25.9 Å². The number of rotatable bonds is 14. The summed E-state index contributed by atoms with van der Waals surface area (Å²) in [6.45, 7) is 7.25. The van der Waals surface area contributed by atoms with Gasteiger partial charge >= 0.3 is 5.97 Å². The van der Waals surface area contributed by atoms with Crippen LogP contribution in [0.2, 0.25) is 0 Å². The fourth-order valence-corrected chi connectivity index (χ4v) is 3.81. The Morgan fingerprint density at radius 2 is 1.57 bits per heavy atom. The summed E-state index contributed by atoms with van der Waals surface area (Å²) >= 11 is 0. The molecule has 0 spiro atoms. The van der Waals surface area contributed by atoms with Crippen molar-refractivity contribution in [3.63, 3.8) is 0 Å². The van der Waals surface area contributed by atoms with Crippen LogP contribution in [0.15, 0.2) is 42.9 Å². The van der Waals surface area contributed by atoms with E-state index in [1.165, 1.54) is 6.33 Å². The van der Waals surface area contributed by atoms with Gasteiger partial charge in [-0.1, -0.05) is 58.0 Å². The SMILES string of the molecule is CC(C)CC(NC(=O)C(Cc1ccccc1)NC(=O)C(NC(=O)C(N)Cc1cnc[nH]1)C(C)C)C(=O)O. The van der Waals surface area contributed by atoms with Crippen LogP contribution in [0.3, 0.4) is 0 Å². The van der Waals surface area contributed by atoms with Crippen LogP contribution in [0.5, 0.6) is 0 Å². The molecule has 202 valence electrons.